The van der Waals surface area contributed by atoms with E-state index in [4.69, 9.17) is 4.74 Å². The summed E-state index contributed by atoms with van der Waals surface area (Å²) >= 11 is 3.72. The molecule has 0 saturated heterocycles. The molecule has 6 heteroatoms. The van der Waals surface area contributed by atoms with Crippen molar-refractivity contribution in [3.8, 4) is 5.75 Å². The van der Waals surface area contributed by atoms with Crippen molar-refractivity contribution in [2.75, 3.05) is 7.11 Å². The fourth-order valence-corrected chi connectivity index (χ4v) is 2.96. The molecule has 1 heterocycles. The van der Waals surface area contributed by atoms with Gasteiger partial charge in [0.1, 0.15) is 5.75 Å². The van der Waals surface area contributed by atoms with E-state index in [1.165, 1.54) is 0 Å². The number of halogens is 1. The van der Waals surface area contributed by atoms with Crippen LogP contribution in [0.4, 0.5) is 0 Å². The van der Waals surface area contributed by atoms with Crippen molar-refractivity contribution in [2.45, 2.75) is 6.92 Å². The molecule has 0 atom stereocenters. The fourth-order valence-electron chi connectivity index (χ4n) is 1.55. The number of thiophene rings is 1. The molecule has 4 nitrogen and oxygen atoms in total. The Labute approximate surface area is 135 Å². The average molecular weight is 400 g/mol. The maximum Gasteiger partial charge on any atom is 0.271 e. The second-order valence-corrected chi connectivity index (χ2v) is 6.07. The Balaban J connectivity index is 2.09. The van der Waals surface area contributed by atoms with E-state index in [1.807, 2.05) is 24.4 Å². The van der Waals surface area contributed by atoms with E-state index >= 15 is 0 Å². The lowest BCUT2D eigenvalue weighted by atomic mass is 10.2. The van der Waals surface area contributed by atoms with E-state index in [1.54, 1.807) is 36.6 Å². The number of carbonyl (C=O) groups is 1. The van der Waals surface area contributed by atoms with Crippen LogP contribution in [0.25, 0.3) is 0 Å². The summed E-state index contributed by atoms with van der Waals surface area (Å²) in [6.45, 7) is 1.86. The lowest BCUT2D eigenvalue weighted by molar-refractivity contribution is 0.0954. The Hall–Kier alpha value is -1.41. The lowest BCUT2D eigenvalue weighted by Gasteiger charge is -2.05. The number of benzene rings is 1. The van der Waals surface area contributed by atoms with E-state index in [2.05, 4.69) is 33.1 Å². The van der Waals surface area contributed by atoms with Crippen LogP contribution in [0.2, 0.25) is 0 Å². The monoisotopic (exact) mass is 400 g/mol. The van der Waals surface area contributed by atoms with Crippen molar-refractivity contribution in [2.24, 2.45) is 5.10 Å². The zero-order valence-corrected chi connectivity index (χ0v) is 14.0. The largest absolute Gasteiger partial charge is 0.496 e. The van der Waals surface area contributed by atoms with Crippen LogP contribution >= 0.6 is 33.9 Å². The summed E-state index contributed by atoms with van der Waals surface area (Å²) in [5.41, 5.74) is 3.91. The molecule has 1 aromatic heterocycles. The topological polar surface area (TPSA) is 50.7 Å². The number of hydrogen-bond donors (Lipinski definition) is 1. The van der Waals surface area contributed by atoms with Gasteiger partial charge in [0, 0.05) is 10.4 Å². The predicted octanol–water partition coefficient (Wildman–Crippen LogP) is 3.52. The van der Waals surface area contributed by atoms with Crippen LogP contribution in [0.5, 0.6) is 5.75 Å². The number of nitrogens with zero attached hydrogens (tertiary/aromatic N) is 1. The van der Waals surface area contributed by atoms with Crippen molar-refractivity contribution in [3.05, 3.63) is 49.7 Å². The van der Waals surface area contributed by atoms with Gasteiger partial charge in [0.2, 0.25) is 0 Å². The van der Waals surface area contributed by atoms with Gasteiger partial charge in [-0.05, 0) is 59.2 Å². The van der Waals surface area contributed by atoms with Crippen molar-refractivity contribution in [1.82, 2.24) is 5.43 Å². The van der Waals surface area contributed by atoms with Crippen LogP contribution in [0.15, 0.2) is 40.8 Å². The van der Waals surface area contributed by atoms with Gasteiger partial charge in [0.05, 0.1) is 16.4 Å². The van der Waals surface area contributed by atoms with E-state index in [9.17, 15) is 4.79 Å². The molecule has 0 saturated carbocycles. The Bertz CT molecular complexity index is 639. The van der Waals surface area contributed by atoms with Gasteiger partial charge < -0.3 is 4.74 Å². The number of rotatable bonds is 4. The van der Waals surface area contributed by atoms with Crippen molar-refractivity contribution < 1.29 is 9.53 Å². The van der Waals surface area contributed by atoms with Gasteiger partial charge in [-0.25, -0.2) is 5.43 Å². The molecule has 0 unspecified atom stereocenters. The molecule has 0 bridgehead atoms. The molecular weight excluding hydrogens is 387 g/mol. The highest BCUT2D eigenvalue weighted by atomic mass is 127. The minimum absolute atomic E-state index is 0.235. The zero-order valence-electron chi connectivity index (χ0n) is 11.0. The van der Waals surface area contributed by atoms with Gasteiger partial charge in [0.15, 0.2) is 0 Å². The molecule has 1 aromatic carbocycles. The summed E-state index contributed by atoms with van der Waals surface area (Å²) in [7, 11) is 1.60. The number of methoxy groups -OCH3 is 1. The molecule has 0 aliphatic rings. The number of amides is 1. The van der Waals surface area contributed by atoms with Crippen LogP contribution in [0.3, 0.4) is 0 Å². The standard InChI is InChI=1S/C14H13IN2O2S/c1-9(13-4-3-7-20-13)16-17-14(18)10-5-6-12(19-2)11(15)8-10/h3-8H,1-2H3,(H,17,18)/b16-9-. The molecule has 0 spiro atoms. The zero-order chi connectivity index (χ0) is 14.5. The molecular formula is C14H13IN2O2S. The molecule has 1 N–H and O–H groups in total. The summed E-state index contributed by atoms with van der Waals surface area (Å²) in [6, 6.07) is 9.17. The highest BCUT2D eigenvalue weighted by Crippen LogP contribution is 2.21. The van der Waals surface area contributed by atoms with Gasteiger partial charge in [-0.2, -0.15) is 5.10 Å². The summed E-state index contributed by atoms with van der Waals surface area (Å²) in [4.78, 5) is 13.0. The molecule has 0 aliphatic heterocycles. The molecule has 0 radical (unpaired) electrons. The van der Waals surface area contributed by atoms with Crippen LogP contribution in [0.1, 0.15) is 22.2 Å². The third-order valence-electron chi connectivity index (χ3n) is 2.62. The smallest absolute Gasteiger partial charge is 0.271 e. The van der Waals surface area contributed by atoms with Gasteiger partial charge >= 0.3 is 0 Å². The maximum atomic E-state index is 12.0. The number of ether oxygens (including phenoxy) is 1. The Morgan fingerprint density at radius 2 is 2.20 bits per heavy atom. The van der Waals surface area contributed by atoms with Crippen LogP contribution in [-0.2, 0) is 0 Å². The number of hydrogen-bond acceptors (Lipinski definition) is 4. The number of hydrazone groups is 1. The minimum atomic E-state index is -0.235. The van der Waals surface area contributed by atoms with E-state index < -0.39 is 0 Å². The first-order valence-electron chi connectivity index (χ1n) is 5.84. The van der Waals surface area contributed by atoms with Gasteiger partial charge in [-0.1, -0.05) is 6.07 Å². The van der Waals surface area contributed by atoms with Crippen molar-refractivity contribution in [1.29, 1.82) is 0 Å². The quantitative estimate of drug-likeness (QED) is 0.485. The SMILES string of the molecule is COc1ccc(C(=O)N/N=C(/C)c2cccs2)cc1I. The Morgan fingerprint density at radius 1 is 1.40 bits per heavy atom. The predicted molar refractivity (Wildman–Crippen MR) is 89.7 cm³/mol. The summed E-state index contributed by atoms with van der Waals surface area (Å²) < 4.78 is 6.05. The first-order valence-corrected chi connectivity index (χ1v) is 7.79. The third kappa shape index (κ3) is 3.57. The summed E-state index contributed by atoms with van der Waals surface area (Å²) in [5, 5.41) is 6.08. The number of nitrogens with one attached hydrogen (secondary N) is 1. The molecule has 20 heavy (non-hydrogen) atoms. The minimum Gasteiger partial charge on any atom is -0.496 e. The molecule has 104 valence electrons. The number of carbonyl (C=O) groups excluding carboxylic acids is 1. The van der Waals surface area contributed by atoms with Crippen LogP contribution in [0, 0.1) is 3.57 Å². The molecule has 2 aromatic rings. The second-order valence-electron chi connectivity index (χ2n) is 3.96. The van der Waals surface area contributed by atoms with Gasteiger partial charge in [0.25, 0.3) is 5.91 Å². The molecule has 0 fully saturated rings. The highest BCUT2D eigenvalue weighted by molar-refractivity contribution is 14.1. The van der Waals surface area contributed by atoms with Gasteiger partial charge in [-0.3, -0.25) is 4.79 Å². The fraction of sp³-hybridized carbons (Fsp3) is 0.143. The van der Waals surface area contributed by atoms with Crippen molar-refractivity contribution >= 4 is 45.5 Å². The van der Waals surface area contributed by atoms with Gasteiger partial charge in [-0.15, -0.1) is 11.3 Å². The third-order valence-corrected chi connectivity index (χ3v) is 4.44. The molecule has 0 aliphatic carbocycles. The Morgan fingerprint density at radius 3 is 2.80 bits per heavy atom. The lowest BCUT2D eigenvalue weighted by Crippen LogP contribution is -2.19. The highest BCUT2D eigenvalue weighted by Gasteiger charge is 2.08. The maximum absolute atomic E-state index is 12.0. The van der Waals surface area contributed by atoms with Crippen molar-refractivity contribution in [3.63, 3.8) is 0 Å². The first kappa shape index (κ1) is 15.0. The summed E-state index contributed by atoms with van der Waals surface area (Å²) in [6.07, 6.45) is 0. The normalized spacial score (nSPS) is 11.2. The van der Waals surface area contributed by atoms with E-state index in [-0.39, 0.29) is 5.91 Å². The van der Waals surface area contributed by atoms with Crippen LogP contribution < -0.4 is 10.2 Å². The molecule has 1 amide bonds. The average Bonchev–Trinajstić information content (AvgIpc) is 2.98. The first-order chi connectivity index (χ1) is 9.61. The summed E-state index contributed by atoms with van der Waals surface area (Å²) in [5.74, 6) is 0.516. The second kappa shape index (κ2) is 6.85. The van der Waals surface area contributed by atoms with E-state index in [0.29, 0.717) is 5.56 Å². The molecule has 2 rings (SSSR count). The Kier molecular flexibility index (Phi) is 5.13. The van der Waals surface area contributed by atoms with E-state index in [0.717, 1.165) is 19.9 Å². The van der Waals surface area contributed by atoms with Crippen LogP contribution in [-0.4, -0.2) is 18.7 Å².